The Bertz CT molecular complexity index is 1530. The molecular formula is C24H26F3N9O2. The first-order valence-electron chi connectivity index (χ1n) is 12.2. The number of benzene rings is 1. The van der Waals surface area contributed by atoms with E-state index >= 15 is 0 Å². The molecule has 200 valence electrons. The van der Waals surface area contributed by atoms with E-state index in [9.17, 15) is 18.0 Å². The summed E-state index contributed by atoms with van der Waals surface area (Å²) in [6.07, 6.45) is -3.16. The van der Waals surface area contributed by atoms with Crippen LogP contribution in [0.25, 0.3) is 5.78 Å². The number of aromatic nitrogens is 4. The largest absolute Gasteiger partial charge is 0.463 e. The Balaban J connectivity index is 1.17. The number of aliphatic imine (C=N–C) groups is 1. The Morgan fingerprint density at radius 2 is 1.84 bits per heavy atom. The normalized spacial score (nSPS) is 18.8. The van der Waals surface area contributed by atoms with Crippen molar-refractivity contribution in [3.63, 3.8) is 0 Å². The number of nitrogens with two attached hydrogens (primary N) is 1. The highest BCUT2D eigenvalue weighted by Gasteiger charge is 2.33. The molecule has 1 saturated heterocycles. The summed E-state index contributed by atoms with van der Waals surface area (Å²) in [6, 6.07) is 8.80. The van der Waals surface area contributed by atoms with Crippen molar-refractivity contribution in [3.05, 3.63) is 70.2 Å². The zero-order valence-electron chi connectivity index (χ0n) is 20.5. The van der Waals surface area contributed by atoms with Gasteiger partial charge in [-0.25, -0.2) is 20.3 Å². The van der Waals surface area contributed by atoms with Gasteiger partial charge in [-0.3, -0.25) is 19.5 Å². The van der Waals surface area contributed by atoms with Gasteiger partial charge in [0.1, 0.15) is 17.6 Å². The summed E-state index contributed by atoms with van der Waals surface area (Å²) in [7, 11) is 0. The fourth-order valence-electron chi connectivity index (χ4n) is 4.94. The van der Waals surface area contributed by atoms with E-state index in [1.54, 1.807) is 27.5 Å². The molecule has 3 N–H and O–H groups in total. The number of piperazine rings is 1. The summed E-state index contributed by atoms with van der Waals surface area (Å²) in [5.41, 5.74) is 0.910. The van der Waals surface area contributed by atoms with Crippen molar-refractivity contribution in [1.29, 1.82) is 0 Å². The molecule has 5 heterocycles. The molecule has 0 spiro atoms. The molecule has 0 radical (unpaired) electrons. The van der Waals surface area contributed by atoms with Crippen LogP contribution in [0.5, 0.6) is 0 Å². The van der Waals surface area contributed by atoms with E-state index in [2.05, 4.69) is 24.9 Å². The molecule has 0 aliphatic carbocycles. The number of fused-ring (bicyclic) bond motifs is 3. The molecule has 11 nitrogen and oxygen atoms in total. The topological polar surface area (TPSA) is 116 Å². The summed E-state index contributed by atoms with van der Waals surface area (Å²) < 4.78 is 47.3. The second kappa shape index (κ2) is 9.06. The minimum absolute atomic E-state index is 0.306. The van der Waals surface area contributed by atoms with Crippen molar-refractivity contribution >= 4 is 23.0 Å². The predicted octanol–water partition coefficient (Wildman–Crippen LogP) is 2.14. The molecule has 2 aliphatic heterocycles. The average molecular weight is 530 g/mol. The fourth-order valence-corrected chi connectivity index (χ4v) is 4.94. The summed E-state index contributed by atoms with van der Waals surface area (Å²) in [6.45, 7) is 5.61. The van der Waals surface area contributed by atoms with Crippen LogP contribution < -0.4 is 21.4 Å². The first-order chi connectivity index (χ1) is 18.2. The van der Waals surface area contributed by atoms with E-state index in [1.807, 2.05) is 6.92 Å². The van der Waals surface area contributed by atoms with Crippen LogP contribution in [0, 0.1) is 0 Å². The van der Waals surface area contributed by atoms with Crippen LogP contribution in [0.3, 0.4) is 0 Å². The molecule has 1 fully saturated rings. The van der Waals surface area contributed by atoms with Crippen LogP contribution in [-0.2, 0) is 12.7 Å². The van der Waals surface area contributed by atoms with Gasteiger partial charge in [0.05, 0.1) is 11.8 Å². The van der Waals surface area contributed by atoms with Crippen molar-refractivity contribution < 1.29 is 17.6 Å². The van der Waals surface area contributed by atoms with Crippen LogP contribution in [-0.4, -0.2) is 68.7 Å². The number of H-pyrrole nitrogens is 1. The van der Waals surface area contributed by atoms with E-state index in [-0.39, 0.29) is 11.9 Å². The number of hydrazine groups is 1. The highest BCUT2D eigenvalue weighted by molar-refractivity contribution is 6.14. The summed E-state index contributed by atoms with van der Waals surface area (Å²) in [5.74, 6) is 7.71. The Labute approximate surface area is 214 Å². The maximum atomic E-state index is 12.9. The molecule has 14 heteroatoms. The van der Waals surface area contributed by atoms with Gasteiger partial charge in [0.2, 0.25) is 5.78 Å². The molecule has 0 bridgehead atoms. The van der Waals surface area contributed by atoms with Gasteiger partial charge in [0.25, 0.3) is 0 Å². The Hall–Kier alpha value is -4.04. The smallest absolute Gasteiger partial charge is 0.416 e. The van der Waals surface area contributed by atoms with E-state index < -0.39 is 11.7 Å². The third-order valence-corrected chi connectivity index (χ3v) is 7.05. The predicted molar refractivity (Wildman–Crippen MR) is 134 cm³/mol. The molecule has 0 saturated carbocycles. The van der Waals surface area contributed by atoms with Crippen LogP contribution >= 0.6 is 0 Å². The summed E-state index contributed by atoms with van der Waals surface area (Å²) in [4.78, 5) is 26.5. The molecule has 1 unspecified atom stereocenters. The number of anilines is 2. The third-order valence-electron chi connectivity index (χ3n) is 7.05. The van der Waals surface area contributed by atoms with Gasteiger partial charge in [-0.15, -0.1) is 0 Å². The quantitative estimate of drug-likeness (QED) is 0.381. The maximum Gasteiger partial charge on any atom is 0.416 e. The number of hydrogen-bond acceptors (Lipinski definition) is 8. The molecule has 0 amide bonds. The van der Waals surface area contributed by atoms with Crippen LogP contribution in [0.15, 0.2) is 56.9 Å². The van der Waals surface area contributed by atoms with Gasteiger partial charge in [-0.05, 0) is 43.3 Å². The zero-order chi connectivity index (χ0) is 26.6. The van der Waals surface area contributed by atoms with E-state index in [0.717, 1.165) is 17.8 Å². The Kier molecular flexibility index (Phi) is 5.79. The highest BCUT2D eigenvalue weighted by atomic mass is 19.4. The minimum atomic E-state index is -4.35. The number of rotatable bonds is 5. The minimum Gasteiger partial charge on any atom is -0.463 e. The fraction of sp³-hybridized carbons (Fsp3) is 0.375. The van der Waals surface area contributed by atoms with E-state index in [1.165, 1.54) is 17.1 Å². The number of halogens is 3. The molecular weight excluding hydrogens is 503 g/mol. The lowest BCUT2D eigenvalue weighted by Gasteiger charge is -2.36. The number of hydrogen-bond donors (Lipinski definition) is 2. The van der Waals surface area contributed by atoms with Crippen LogP contribution in [0.4, 0.5) is 24.7 Å². The standard InChI is InChI=1S/C24H26F3N9O2/c1-15-29-19(18-3-2-14-38-18)20-21(35(15)28)30-22-34(23(37)31-36(20)22)13-10-32-8-11-33(12-9-32)17-6-4-16(5-7-17)24(25,26)27/h2-7,14-15H,8-13,28H2,1H3,(H,31,37). The van der Waals surface area contributed by atoms with Gasteiger partial charge < -0.3 is 9.32 Å². The van der Waals surface area contributed by atoms with Crippen molar-refractivity contribution in [2.24, 2.45) is 10.8 Å². The zero-order valence-corrected chi connectivity index (χ0v) is 20.5. The lowest BCUT2D eigenvalue weighted by Crippen LogP contribution is -2.47. The Morgan fingerprint density at radius 1 is 1.11 bits per heavy atom. The Morgan fingerprint density at radius 3 is 2.50 bits per heavy atom. The lowest BCUT2D eigenvalue weighted by atomic mass is 10.1. The second-order valence-corrected chi connectivity index (χ2v) is 9.36. The number of aromatic amines is 1. The first-order valence-corrected chi connectivity index (χ1v) is 12.2. The second-order valence-electron chi connectivity index (χ2n) is 9.36. The number of imidazole rings is 1. The van der Waals surface area contributed by atoms with Gasteiger partial charge in [-0.1, -0.05) is 0 Å². The van der Waals surface area contributed by atoms with E-state index in [0.29, 0.717) is 68.0 Å². The number of nitrogens with one attached hydrogen (secondary N) is 1. The van der Waals surface area contributed by atoms with Crippen LogP contribution in [0.1, 0.15) is 23.9 Å². The molecule has 2 aliphatic rings. The third kappa shape index (κ3) is 4.15. The van der Waals surface area contributed by atoms with Gasteiger partial charge in [0, 0.05) is 45.0 Å². The SMILES string of the molecule is CC1N=C(c2ccco2)c2c(nc3n(CCN4CCN(c5ccc(C(F)(F)F)cc5)CC4)c(=O)[nH]n23)N1N. The number of nitrogens with zero attached hydrogens (tertiary/aromatic N) is 7. The van der Waals surface area contributed by atoms with Crippen molar-refractivity contribution in [1.82, 2.24) is 24.1 Å². The molecule has 38 heavy (non-hydrogen) atoms. The average Bonchev–Trinajstić information content (AvgIpc) is 3.62. The van der Waals surface area contributed by atoms with E-state index in [4.69, 9.17) is 10.3 Å². The number of alkyl halides is 3. The van der Waals surface area contributed by atoms with Crippen molar-refractivity contribution in [3.8, 4) is 0 Å². The van der Waals surface area contributed by atoms with Gasteiger partial charge in [-0.2, -0.15) is 18.2 Å². The maximum absolute atomic E-state index is 12.9. The first kappa shape index (κ1) is 24.3. The molecule has 1 aromatic carbocycles. The summed E-state index contributed by atoms with van der Waals surface area (Å²) >= 11 is 0. The summed E-state index contributed by atoms with van der Waals surface area (Å²) in [5, 5.41) is 4.30. The number of furan rings is 1. The molecule has 3 aromatic heterocycles. The lowest BCUT2D eigenvalue weighted by molar-refractivity contribution is -0.137. The van der Waals surface area contributed by atoms with Crippen molar-refractivity contribution in [2.75, 3.05) is 42.6 Å². The van der Waals surface area contributed by atoms with Crippen molar-refractivity contribution in [2.45, 2.75) is 25.8 Å². The molecule has 4 aromatic rings. The van der Waals surface area contributed by atoms with Gasteiger partial charge in [0.15, 0.2) is 11.6 Å². The molecule has 1 atom stereocenters. The molecule has 6 rings (SSSR count). The monoisotopic (exact) mass is 529 g/mol. The highest BCUT2D eigenvalue weighted by Crippen LogP contribution is 2.31. The van der Waals surface area contributed by atoms with Gasteiger partial charge >= 0.3 is 11.9 Å². The van der Waals surface area contributed by atoms with Crippen LogP contribution in [0.2, 0.25) is 0 Å².